The summed E-state index contributed by atoms with van der Waals surface area (Å²) in [6, 6.07) is 0.276. The van der Waals surface area contributed by atoms with E-state index in [4.69, 9.17) is 16.9 Å². The summed E-state index contributed by atoms with van der Waals surface area (Å²) < 4.78 is 0. The van der Waals surface area contributed by atoms with E-state index in [1.54, 1.807) is 0 Å². The summed E-state index contributed by atoms with van der Waals surface area (Å²) in [5, 5.41) is 21.4. The summed E-state index contributed by atoms with van der Waals surface area (Å²) in [4.78, 5) is 9.98. The van der Waals surface area contributed by atoms with Crippen molar-refractivity contribution in [2.24, 2.45) is 0 Å². The molecule has 1 N–H and O–H groups in total. The van der Waals surface area contributed by atoms with Crippen LogP contribution in [0.3, 0.4) is 0 Å². The van der Waals surface area contributed by atoms with E-state index >= 15 is 0 Å². The maximum atomic E-state index is 10.4. The Bertz CT molecular complexity index is 227. The highest BCUT2D eigenvalue weighted by molar-refractivity contribution is 6.20. The van der Waals surface area contributed by atoms with Crippen molar-refractivity contribution in [1.29, 1.82) is 5.26 Å². The van der Waals surface area contributed by atoms with Crippen LogP contribution in [0.15, 0.2) is 0 Å². The largest absolute Gasteiger partial charge is 0.295 e. The Morgan fingerprint density at radius 2 is 2.42 bits per heavy atom. The summed E-state index contributed by atoms with van der Waals surface area (Å²) in [6.45, 7) is 0.462. The molecule has 0 bridgehead atoms. The lowest BCUT2D eigenvalue weighted by Gasteiger charge is -2.24. The molecule has 0 aliphatic carbocycles. The van der Waals surface area contributed by atoms with Crippen molar-refractivity contribution in [2.75, 3.05) is 6.54 Å². The number of piperidine rings is 1. The zero-order valence-corrected chi connectivity index (χ0v) is 6.99. The quantitative estimate of drug-likeness (QED) is 0.361. The Morgan fingerprint density at radius 1 is 1.75 bits per heavy atom. The van der Waals surface area contributed by atoms with Crippen LogP contribution in [0.2, 0.25) is 0 Å². The van der Waals surface area contributed by atoms with Gasteiger partial charge >= 0.3 is 0 Å². The van der Waals surface area contributed by atoms with Crippen molar-refractivity contribution in [3.8, 4) is 6.07 Å². The van der Waals surface area contributed by atoms with Crippen LogP contribution in [0.4, 0.5) is 0 Å². The minimum absolute atomic E-state index is 0.245. The molecule has 0 saturated carbocycles. The van der Waals surface area contributed by atoms with E-state index in [2.05, 4.69) is 5.32 Å². The van der Waals surface area contributed by atoms with Gasteiger partial charge in [-0.25, -0.2) is 0 Å². The Morgan fingerprint density at radius 3 is 2.92 bits per heavy atom. The molecule has 1 aliphatic heterocycles. The topological polar surface area (TPSA) is 79.0 Å². The van der Waals surface area contributed by atoms with Crippen LogP contribution < -0.4 is 5.32 Å². The minimum Gasteiger partial charge on any atom is -0.295 e. The number of nitro groups is 1. The molecule has 0 aromatic heterocycles. The van der Waals surface area contributed by atoms with Crippen molar-refractivity contribution in [2.45, 2.75) is 23.9 Å². The predicted octanol–water partition coefficient (Wildman–Crippen LogP) is 0.125. The third-order valence-electron chi connectivity index (χ3n) is 1.85. The Balaban J connectivity index is 2.66. The third kappa shape index (κ3) is 1.84. The molecular formula is C6H8ClN3O2. The van der Waals surface area contributed by atoms with Gasteiger partial charge in [0.1, 0.15) is 0 Å². The van der Waals surface area contributed by atoms with E-state index in [1.807, 2.05) is 6.07 Å². The summed E-state index contributed by atoms with van der Waals surface area (Å²) in [6.07, 6.45) is 0.264. The van der Waals surface area contributed by atoms with Gasteiger partial charge in [0.2, 0.25) is 6.04 Å². The van der Waals surface area contributed by atoms with Crippen molar-refractivity contribution in [1.82, 2.24) is 5.32 Å². The molecule has 0 radical (unpaired) electrons. The zero-order valence-electron chi connectivity index (χ0n) is 6.24. The summed E-state index contributed by atoms with van der Waals surface area (Å²) in [7, 11) is 0. The van der Waals surface area contributed by atoms with Crippen molar-refractivity contribution >= 4 is 11.6 Å². The standard InChI is InChI=1S/C6H8ClN3O2/c7-4-1-6(10(11)12)5(2-8)9-3-4/h4-6,9H,1,3H2. The number of alkyl halides is 1. The summed E-state index contributed by atoms with van der Waals surface area (Å²) in [5.41, 5.74) is 0. The molecule has 0 aromatic rings. The fourth-order valence-corrected chi connectivity index (χ4v) is 1.48. The molecule has 1 rings (SSSR count). The Kier molecular flexibility index (Phi) is 2.84. The fraction of sp³-hybridized carbons (Fsp3) is 0.833. The van der Waals surface area contributed by atoms with Gasteiger partial charge in [0.25, 0.3) is 0 Å². The van der Waals surface area contributed by atoms with Gasteiger partial charge in [0, 0.05) is 17.9 Å². The van der Waals surface area contributed by atoms with Gasteiger partial charge in [-0.3, -0.25) is 15.4 Å². The van der Waals surface area contributed by atoms with E-state index in [0.29, 0.717) is 6.54 Å². The van der Waals surface area contributed by atoms with Crippen LogP contribution in [-0.2, 0) is 0 Å². The zero-order chi connectivity index (χ0) is 9.14. The molecule has 66 valence electrons. The third-order valence-corrected chi connectivity index (χ3v) is 2.18. The maximum Gasteiger partial charge on any atom is 0.242 e. The lowest BCUT2D eigenvalue weighted by molar-refractivity contribution is -0.527. The van der Waals surface area contributed by atoms with Gasteiger partial charge in [0.05, 0.1) is 11.4 Å². The lowest BCUT2D eigenvalue weighted by Crippen LogP contribution is -2.51. The van der Waals surface area contributed by atoms with E-state index in [-0.39, 0.29) is 11.8 Å². The molecule has 1 heterocycles. The van der Waals surface area contributed by atoms with Crippen molar-refractivity contribution in [3.63, 3.8) is 0 Å². The highest BCUT2D eigenvalue weighted by Gasteiger charge is 2.37. The van der Waals surface area contributed by atoms with E-state index in [9.17, 15) is 10.1 Å². The second-order valence-corrected chi connectivity index (χ2v) is 3.32. The van der Waals surface area contributed by atoms with Crippen LogP contribution in [0.1, 0.15) is 6.42 Å². The Labute approximate surface area is 74.5 Å². The van der Waals surface area contributed by atoms with Crippen LogP contribution >= 0.6 is 11.6 Å². The van der Waals surface area contributed by atoms with E-state index in [1.165, 1.54) is 0 Å². The normalized spacial score (nSPS) is 35.5. The summed E-state index contributed by atoms with van der Waals surface area (Å²) >= 11 is 5.70. The van der Waals surface area contributed by atoms with E-state index < -0.39 is 17.0 Å². The fourth-order valence-electron chi connectivity index (χ4n) is 1.21. The van der Waals surface area contributed by atoms with Crippen LogP contribution in [0, 0.1) is 21.4 Å². The minimum atomic E-state index is -0.869. The van der Waals surface area contributed by atoms with Crippen LogP contribution in [-0.4, -0.2) is 28.9 Å². The van der Waals surface area contributed by atoms with Gasteiger partial charge in [-0.05, 0) is 0 Å². The van der Waals surface area contributed by atoms with E-state index in [0.717, 1.165) is 0 Å². The molecule has 0 spiro atoms. The number of rotatable bonds is 1. The number of nitriles is 1. The van der Waals surface area contributed by atoms with Gasteiger partial charge in [-0.1, -0.05) is 0 Å². The van der Waals surface area contributed by atoms with Gasteiger partial charge in [0.15, 0.2) is 6.04 Å². The number of nitrogens with one attached hydrogen (secondary N) is 1. The molecular weight excluding hydrogens is 182 g/mol. The molecule has 0 amide bonds. The number of hydrogen-bond donors (Lipinski definition) is 1. The second-order valence-electron chi connectivity index (χ2n) is 2.70. The first-order valence-electron chi connectivity index (χ1n) is 3.55. The monoisotopic (exact) mass is 189 g/mol. The predicted molar refractivity (Wildman–Crippen MR) is 42.4 cm³/mol. The highest BCUT2D eigenvalue weighted by atomic mass is 35.5. The maximum absolute atomic E-state index is 10.4. The molecule has 1 saturated heterocycles. The van der Waals surface area contributed by atoms with Gasteiger partial charge in [-0.15, -0.1) is 11.6 Å². The van der Waals surface area contributed by atoms with Gasteiger partial charge < -0.3 is 0 Å². The molecule has 6 heteroatoms. The van der Waals surface area contributed by atoms with Crippen LogP contribution in [0.25, 0.3) is 0 Å². The average molecular weight is 190 g/mol. The summed E-state index contributed by atoms with van der Waals surface area (Å²) in [5.74, 6) is 0. The molecule has 5 nitrogen and oxygen atoms in total. The van der Waals surface area contributed by atoms with Crippen molar-refractivity contribution < 1.29 is 4.92 Å². The molecule has 12 heavy (non-hydrogen) atoms. The molecule has 3 unspecified atom stereocenters. The number of halogens is 1. The molecule has 0 aromatic carbocycles. The average Bonchev–Trinajstić information content (AvgIpc) is 2.04. The molecule has 1 fully saturated rings. The Hall–Kier alpha value is -0.860. The number of nitrogens with zero attached hydrogens (tertiary/aromatic N) is 2. The first kappa shape index (κ1) is 9.23. The van der Waals surface area contributed by atoms with Gasteiger partial charge in [-0.2, -0.15) is 5.26 Å². The smallest absolute Gasteiger partial charge is 0.242 e. The second kappa shape index (κ2) is 3.70. The first-order chi connectivity index (χ1) is 5.65. The number of hydrogen-bond acceptors (Lipinski definition) is 4. The van der Waals surface area contributed by atoms with Crippen LogP contribution in [0.5, 0.6) is 0 Å². The SMILES string of the molecule is N#CC1NCC(Cl)CC1[N+](=O)[O-]. The highest BCUT2D eigenvalue weighted by Crippen LogP contribution is 2.15. The van der Waals surface area contributed by atoms with Crippen molar-refractivity contribution in [3.05, 3.63) is 10.1 Å². The first-order valence-corrected chi connectivity index (χ1v) is 3.99. The molecule has 3 atom stereocenters. The lowest BCUT2D eigenvalue weighted by atomic mass is 10.00. The molecule has 1 aliphatic rings.